The first kappa shape index (κ1) is 15.4. The number of nitrogens with zero attached hydrogens (tertiary/aromatic N) is 1. The highest BCUT2D eigenvalue weighted by Crippen LogP contribution is 2.40. The molecule has 0 saturated heterocycles. The second-order valence-electron chi connectivity index (χ2n) is 5.55. The van der Waals surface area contributed by atoms with Gasteiger partial charge in [0, 0.05) is 21.5 Å². The third kappa shape index (κ3) is 2.72. The molecule has 0 atom stereocenters. The molecule has 0 aliphatic rings. The Morgan fingerprint density at radius 3 is 2.00 bits per heavy atom. The van der Waals surface area contributed by atoms with Crippen LogP contribution in [0.5, 0.6) is 0 Å². The van der Waals surface area contributed by atoms with E-state index in [0.29, 0.717) is 0 Å². The molecule has 0 fully saturated rings. The van der Waals surface area contributed by atoms with Crippen molar-refractivity contribution in [3.63, 3.8) is 0 Å². The van der Waals surface area contributed by atoms with Crippen LogP contribution in [-0.2, 0) is 0 Å². The molecule has 0 bridgehead atoms. The topological polar surface area (TPSA) is 12.9 Å². The molecule has 0 saturated carbocycles. The lowest BCUT2D eigenvalue weighted by Crippen LogP contribution is -1.93. The minimum atomic E-state index is 0.719. The van der Waals surface area contributed by atoms with Crippen LogP contribution in [0.4, 0.5) is 0 Å². The first-order valence-electron chi connectivity index (χ1n) is 7.63. The lowest BCUT2D eigenvalue weighted by Gasteiger charge is -2.15. The minimum Gasteiger partial charge on any atom is -0.240 e. The van der Waals surface area contributed by atoms with Crippen LogP contribution < -0.4 is 0 Å². The predicted molar refractivity (Wildman–Crippen MR) is 105 cm³/mol. The summed E-state index contributed by atoms with van der Waals surface area (Å²) in [4.78, 5) is 4.85. The molecule has 0 N–H and O–H groups in total. The van der Waals surface area contributed by atoms with E-state index in [2.05, 4.69) is 40.2 Å². The molecule has 1 nitrogen and oxygen atoms in total. The maximum absolute atomic E-state index is 6.29. The highest BCUT2D eigenvalue weighted by atomic mass is 79.9. The van der Waals surface area contributed by atoms with Gasteiger partial charge in [-0.05, 0) is 39.0 Å². The molecule has 0 aliphatic heterocycles. The Morgan fingerprint density at radius 2 is 1.33 bits per heavy atom. The molecule has 4 aromatic rings. The normalized spacial score (nSPS) is 10.9. The monoisotopic (exact) mass is 393 g/mol. The number of hydrogen-bond donors (Lipinski definition) is 0. The Morgan fingerprint density at radius 1 is 0.708 bits per heavy atom. The van der Waals surface area contributed by atoms with Gasteiger partial charge in [-0.15, -0.1) is 0 Å². The van der Waals surface area contributed by atoms with E-state index in [0.717, 1.165) is 42.8 Å². The number of fused-ring (bicyclic) bond motifs is 1. The number of aromatic nitrogens is 1. The maximum Gasteiger partial charge on any atom is 0.114 e. The molecule has 4 rings (SSSR count). The zero-order valence-electron chi connectivity index (χ0n) is 12.7. The summed E-state index contributed by atoms with van der Waals surface area (Å²) in [6, 6.07) is 26.5. The predicted octanol–water partition coefficient (Wildman–Crippen LogP) is 6.98. The molecule has 0 aliphatic carbocycles. The quantitative estimate of drug-likeness (QED) is 0.334. The fourth-order valence-corrected chi connectivity index (χ4v) is 3.64. The highest BCUT2D eigenvalue weighted by Gasteiger charge is 2.16. The Balaban J connectivity index is 2.16. The molecule has 1 heterocycles. The van der Waals surface area contributed by atoms with E-state index in [1.165, 1.54) is 0 Å². The lowest BCUT2D eigenvalue weighted by atomic mass is 9.94. The van der Waals surface area contributed by atoms with Crippen LogP contribution in [0.2, 0.25) is 5.02 Å². The summed E-state index contributed by atoms with van der Waals surface area (Å²) in [5.74, 6) is 0. The highest BCUT2D eigenvalue weighted by molar-refractivity contribution is 9.10. The Labute approximate surface area is 154 Å². The number of pyridine rings is 1. The van der Waals surface area contributed by atoms with Crippen molar-refractivity contribution in [1.82, 2.24) is 4.98 Å². The molecule has 3 heteroatoms. The number of rotatable bonds is 2. The Hall–Kier alpha value is -2.16. The van der Waals surface area contributed by atoms with E-state index in [1.807, 2.05) is 54.6 Å². The first-order chi connectivity index (χ1) is 11.7. The fraction of sp³-hybridized carbons (Fsp3) is 0. The average Bonchev–Trinajstić information content (AvgIpc) is 2.63. The zero-order valence-corrected chi connectivity index (χ0v) is 15.1. The molecular formula is C21H13BrClN. The smallest absolute Gasteiger partial charge is 0.114 e. The van der Waals surface area contributed by atoms with Crippen LogP contribution in [-0.4, -0.2) is 4.98 Å². The van der Waals surface area contributed by atoms with E-state index in [4.69, 9.17) is 16.6 Å². The molecule has 116 valence electrons. The van der Waals surface area contributed by atoms with Gasteiger partial charge in [-0.3, -0.25) is 0 Å². The van der Waals surface area contributed by atoms with Crippen molar-refractivity contribution in [2.75, 3.05) is 0 Å². The lowest BCUT2D eigenvalue weighted by molar-refractivity contribution is 1.31. The maximum atomic E-state index is 6.29. The van der Waals surface area contributed by atoms with Gasteiger partial charge in [0.15, 0.2) is 0 Å². The molecule has 0 radical (unpaired) electrons. The number of benzene rings is 3. The molecule has 0 amide bonds. The standard InChI is InChI=1S/C21H13BrClN/c22-21-17-12-11-16(23)13-18(17)19(14-7-3-1-4-8-14)20(24-21)15-9-5-2-6-10-15/h1-13H. The van der Waals surface area contributed by atoms with E-state index >= 15 is 0 Å². The Bertz CT molecular complexity index is 1010. The van der Waals surface area contributed by atoms with Gasteiger partial charge in [0.25, 0.3) is 0 Å². The van der Waals surface area contributed by atoms with Crippen LogP contribution in [0.25, 0.3) is 33.2 Å². The summed E-state index contributed by atoms with van der Waals surface area (Å²) < 4.78 is 0.827. The van der Waals surface area contributed by atoms with Gasteiger partial charge in [-0.1, -0.05) is 78.3 Å². The van der Waals surface area contributed by atoms with Gasteiger partial charge in [0.05, 0.1) is 5.69 Å². The van der Waals surface area contributed by atoms with Crippen molar-refractivity contribution < 1.29 is 0 Å². The molecule has 1 aromatic heterocycles. The van der Waals surface area contributed by atoms with Crippen molar-refractivity contribution in [3.8, 4) is 22.4 Å². The fourth-order valence-electron chi connectivity index (χ4n) is 2.95. The first-order valence-corrected chi connectivity index (χ1v) is 8.81. The van der Waals surface area contributed by atoms with Crippen molar-refractivity contribution >= 4 is 38.3 Å². The minimum absolute atomic E-state index is 0.719. The van der Waals surface area contributed by atoms with Gasteiger partial charge in [0.1, 0.15) is 4.60 Å². The summed E-state index contributed by atoms with van der Waals surface area (Å²) in [6.45, 7) is 0. The van der Waals surface area contributed by atoms with E-state index < -0.39 is 0 Å². The molecule has 3 aromatic carbocycles. The molecule has 0 unspecified atom stereocenters. The largest absolute Gasteiger partial charge is 0.240 e. The van der Waals surface area contributed by atoms with Crippen molar-refractivity contribution in [3.05, 3.63) is 88.5 Å². The van der Waals surface area contributed by atoms with Crippen LogP contribution in [0.3, 0.4) is 0 Å². The van der Waals surface area contributed by atoms with Gasteiger partial charge < -0.3 is 0 Å². The second kappa shape index (κ2) is 6.39. The summed E-state index contributed by atoms with van der Waals surface area (Å²) in [6.07, 6.45) is 0. The summed E-state index contributed by atoms with van der Waals surface area (Å²) >= 11 is 9.92. The number of hydrogen-bond acceptors (Lipinski definition) is 1. The van der Waals surface area contributed by atoms with Crippen molar-refractivity contribution in [2.24, 2.45) is 0 Å². The SMILES string of the molecule is Clc1ccc2c(Br)nc(-c3ccccc3)c(-c3ccccc3)c2c1. The summed E-state index contributed by atoms with van der Waals surface area (Å²) in [5.41, 5.74) is 4.26. The van der Waals surface area contributed by atoms with Crippen LogP contribution in [0.1, 0.15) is 0 Å². The Kier molecular flexibility index (Phi) is 4.09. The third-order valence-electron chi connectivity index (χ3n) is 4.03. The van der Waals surface area contributed by atoms with E-state index in [1.54, 1.807) is 0 Å². The third-order valence-corrected chi connectivity index (χ3v) is 4.87. The van der Waals surface area contributed by atoms with E-state index in [-0.39, 0.29) is 0 Å². The average molecular weight is 395 g/mol. The zero-order chi connectivity index (χ0) is 16.5. The molecule has 24 heavy (non-hydrogen) atoms. The van der Waals surface area contributed by atoms with Crippen LogP contribution >= 0.6 is 27.5 Å². The second-order valence-corrected chi connectivity index (χ2v) is 6.74. The van der Waals surface area contributed by atoms with Crippen molar-refractivity contribution in [2.45, 2.75) is 0 Å². The van der Waals surface area contributed by atoms with E-state index in [9.17, 15) is 0 Å². The molecule has 0 spiro atoms. The molecular weight excluding hydrogens is 382 g/mol. The van der Waals surface area contributed by atoms with Gasteiger partial charge >= 0.3 is 0 Å². The number of halogens is 2. The van der Waals surface area contributed by atoms with Crippen molar-refractivity contribution in [1.29, 1.82) is 0 Å². The van der Waals surface area contributed by atoms with Gasteiger partial charge in [-0.25, -0.2) is 4.98 Å². The summed E-state index contributed by atoms with van der Waals surface area (Å²) in [7, 11) is 0. The van der Waals surface area contributed by atoms with Gasteiger partial charge in [0.2, 0.25) is 0 Å². The summed E-state index contributed by atoms with van der Waals surface area (Å²) in [5, 5.41) is 2.86. The van der Waals surface area contributed by atoms with Crippen LogP contribution in [0.15, 0.2) is 83.5 Å². The van der Waals surface area contributed by atoms with Crippen LogP contribution in [0, 0.1) is 0 Å². The van der Waals surface area contributed by atoms with Gasteiger partial charge in [-0.2, -0.15) is 0 Å².